The molecule has 202 valence electrons. The SMILES string of the molecule is C=CCn1c(=NC(=O)CS(=O)(=O)CC(=O)Nc2sc3c(c2C(=O)OCC)CCCCC3)sc2ccccc21. The van der Waals surface area contributed by atoms with E-state index >= 15 is 0 Å². The summed E-state index contributed by atoms with van der Waals surface area (Å²) in [7, 11) is -4.12. The highest BCUT2D eigenvalue weighted by molar-refractivity contribution is 7.92. The van der Waals surface area contributed by atoms with E-state index < -0.39 is 39.1 Å². The summed E-state index contributed by atoms with van der Waals surface area (Å²) < 4.78 is 33.3. The first kappa shape index (κ1) is 27.9. The summed E-state index contributed by atoms with van der Waals surface area (Å²) in [5.74, 6) is -4.03. The number of nitrogens with one attached hydrogen (secondary N) is 1. The predicted octanol–water partition coefficient (Wildman–Crippen LogP) is 3.88. The number of amides is 2. The monoisotopic (exact) mass is 575 g/mol. The Labute approximate surface area is 228 Å². The van der Waals surface area contributed by atoms with Gasteiger partial charge >= 0.3 is 5.97 Å². The van der Waals surface area contributed by atoms with E-state index in [1.165, 1.54) is 22.7 Å². The lowest BCUT2D eigenvalue weighted by atomic mass is 10.1. The molecule has 2 amide bonds. The molecule has 38 heavy (non-hydrogen) atoms. The minimum absolute atomic E-state index is 0.184. The van der Waals surface area contributed by atoms with E-state index in [1.807, 2.05) is 24.3 Å². The van der Waals surface area contributed by atoms with Crippen molar-refractivity contribution in [1.82, 2.24) is 4.57 Å². The third-order valence-corrected chi connectivity index (χ3v) is 9.62. The number of aromatic nitrogens is 1. The van der Waals surface area contributed by atoms with E-state index in [1.54, 1.807) is 17.6 Å². The van der Waals surface area contributed by atoms with Crippen LogP contribution in [0, 0.1) is 0 Å². The second-order valence-corrected chi connectivity index (χ2v) is 13.0. The summed E-state index contributed by atoms with van der Waals surface area (Å²) in [5.41, 5.74) is 2.04. The van der Waals surface area contributed by atoms with Gasteiger partial charge in [0, 0.05) is 11.4 Å². The first-order chi connectivity index (χ1) is 18.2. The van der Waals surface area contributed by atoms with Crippen molar-refractivity contribution in [1.29, 1.82) is 0 Å². The molecule has 1 aliphatic carbocycles. The van der Waals surface area contributed by atoms with Gasteiger partial charge in [0.2, 0.25) is 5.91 Å². The number of para-hydroxylation sites is 1. The Hall–Kier alpha value is -3.09. The number of fused-ring (bicyclic) bond motifs is 2. The molecule has 1 N–H and O–H groups in total. The van der Waals surface area contributed by atoms with Crippen LogP contribution in [-0.4, -0.2) is 48.9 Å². The second-order valence-electron chi connectivity index (χ2n) is 8.83. The third kappa shape index (κ3) is 6.48. The van der Waals surface area contributed by atoms with Crippen LogP contribution in [0.15, 0.2) is 41.9 Å². The highest BCUT2D eigenvalue weighted by Crippen LogP contribution is 2.38. The van der Waals surface area contributed by atoms with Crippen LogP contribution in [0.4, 0.5) is 5.00 Å². The number of sulfone groups is 1. The van der Waals surface area contributed by atoms with E-state index in [4.69, 9.17) is 4.74 Å². The maximum absolute atomic E-state index is 12.7. The van der Waals surface area contributed by atoms with E-state index in [0.717, 1.165) is 46.3 Å². The van der Waals surface area contributed by atoms with Crippen molar-refractivity contribution < 1.29 is 27.5 Å². The lowest BCUT2D eigenvalue weighted by Gasteiger charge is -2.08. The lowest BCUT2D eigenvalue weighted by molar-refractivity contribution is -0.115. The van der Waals surface area contributed by atoms with Gasteiger partial charge in [0.1, 0.15) is 16.5 Å². The molecule has 0 spiro atoms. The molecule has 9 nitrogen and oxygen atoms in total. The van der Waals surface area contributed by atoms with Crippen LogP contribution in [0.1, 0.15) is 47.0 Å². The smallest absolute Gasteiger partial charge is 0.341 e. The summed E-state index contributed by atoms with van der Waals surface area (Å²) in [6.07, 6.45) is 6.12. The average Bonchev–Trinajstić information content (AvgIpc) is 3.26. The normalized spacial score (nSPS) is 14.1. The van der Waals surface area contributed by atoms with Crippen LogP contribution in [0.2, 0.25) is 0 Å². The number of carbonyl (C=O) groups is 3. The quantitative estimate of drug-likeness (QED) is 0.235. The fourth-order valence-corrected chi connectivity index (χ4v) is 7.77. The molecule has 3 aromatic rings. The van der Waals surface area contributed by atoms with Gasteiger partial charge in [0.15, 0.2) is 14.6 Å². The Bertz CT molecular complexity index is 1560. The number of benzene rings is 1. The number of nitrogens with zero attached hydrogens (tertiary/aromatic N) is 2. The molecule has 12 heteroatoms. The molecule has 1 aromatic carbocycles. The summed E-state index contributed by atoms with van der Waals surface area (Å²) in [5, 5.41) is 2.89. The Kier molecular flexibility index (Phi) is 8.95. The van der Waals surface area contributed by atoms with Gasteiger partial charge in [-0.15, -0.1) is 17.9 Å². The topological polar surface area (TPSA) is 124 Å². The number of allylic oxidation sites excluding steroid dienone is 1. The third-order valence-electron chi connectivity index (χ3n) is 5.97. The van der Waals surface area contributed by atoms with Crippen molar-refractivity contribution in [2.75, 3.05) is 23.4 Å². The highest BCUT2D eigenvalue weighted by atomic mass is 32.2. The first-order valence-electron chi connectivity index (χ1n) is 12.3. The zero-order valence-electron chi connectivity index (χ0n) is 21.0. The Morgan fingerprint density at radius 3 is 2.66 bits per heavy atom. The maximum Gasteiger partial charge on any atom is 0.341 e. The summed E-state index contributed by atoms with van der Waals surface area (Å²) >= 11 is 2.55. The molecule has 0 atom stereocenters. The van der Waals surface area contributed by atoms with E-state index in [2.05, 4.69) is 16.9 Å². The Morgan fingerprint density at radius 1 is 1.13 bits per heavy atom. The molecule has 1 aliphatic rings. The molecular formula is C26H29N3O6S3. The molecule has 0 radical (unpaired) electrons. The zero-order chi connectivity index (χ0) is 27.3. The van der Waals surface area contributed by atoms with E-state index in [0.29, 0.717) is 28.3 Å². The van der Waals surface area contributed by atoms with Crippen LogP contribution >= 0.6 is 22.7 Å². The standard InChI is InChI=1S/C26H29N3O6S3/c1-3-14-29-18-11-8-9-13-20(18)37-26(29)28-22(31)16-38(33,34)15-21(30)27-24-23(25(32)35-4-2)17-10-6-5-7-12-19(17)36-24/h3,8-9,11,13H,1,4-7,10,12,14-16H2,2H3,(H,27,30). The molecule has 0 saturated heterocycles. The number of carbonyl (C=O) groups excluding carboxylic acids is 3. The number of anilines is 1. The number of ether oxygens (including phenoxy) is 1. The molecule has 2 heterocycles. The number of thiophene rings is 1. The van der Waals surface area contributed by atoms with Gasteiger partial charge in [-0.25, -0.2) is 13.2 Å². The number of thiazole rings is 1. The van der Waals surface area contributed by atoms with Crippen molar-refractivity contribution >= 4 is 65.5 Å². The molecule has 0 saturated carbocycles. The van der Waals surface area contributed by atoms with Gasteiger partial charge in [0.25, 0.3) is 5.91 Å². The van der Waals surface area contributed by atoms with Crippen molar-refractivity contribution in [3.63, 3.8) is 0 Å². The van der Waals surface area contributed by atoms with Crippen LogP contribution < -0.4 is 10.1 Å². The highest BCUT2D eigenvalue weighted by Gasteiger charge is 2.28. The van der Waals surface area contributed by atoms with Gasteiger partial charge in [-0.2, -0.15) is 4.99 Å². The van der Waals surface area contributed by atoms with Crippen LogP contribution in [0.5, 0.6) is 0 Å². The van der Waals surface area contributed by atoms with Crippen molar-refractivity contribution in [3.8, 4) is 0 Å². The second kappa shape index (κ2) is 12.2. The fourth-order valence-electron chi connectivity index (χ4n) is 4.40. The summed E-state index contributed by atoms with van der Waals surface area (Å²) in [4.78, 5) is 43.4. The first-order valence-corrected chi connectivity index (χ1v) is 15.8. The largest absolute Gasteiger partial charge is 0.462 e. The number of esters is 1. The Morgan fingerprint density at radius 2 is 1.89 bits per heavy atom. The van der Waals surface area contributed by atoms with Crippen molar-refractivity contribution in [2.24, 2.45) is 4.99 Å². The zero-order valence-corrected chi connectivity index (χ0v) is 23.5. The van der Waals surface area contributed by atoms with Crippen LogP contribution in [-0.2, 0) is 43.5 Å². The van der Waals surface area contributed by atoms with Gasteiger partial charge in [-0.05, 0) is 50.3 Å². The molecule has 0 aliphatic heterocycles. The average molecular weight is 576 g/mol. The van der Waals surface area contributed by atoms with Gasteiger partial charge < -0.3 is 14.6 Å². The van der Waals surface area contributed by atoms with E-state index in [-0.39, 0.29) is 6.61 Å². The van der Waals surface area contributed by atoms with Gasteiger partial charge in [-0.3, -0.25) is 9.59 Å². The number of hydrogen-bond acceptors (Lipinski definition) is 8. The summed E-state index contributed by atoms with van der Waals surface area (Å²) in [6, 6.07) is 7.50. The van der Waals surface area contributed by atoms with Gasteiger partial charge in [-0.1, -0.05) is 36.0 Å². The molecule has 0 fully saturated rings. The van der Waals surface area contributed by atoms with Gasteiger partial charge in [0.05, 0.1) is 22.4 Å². The number of rotatable bonds is 9. The number of hydrogen-bond donors (Lipinski definition) is 1. The Balaban J connectivity index is 1.50. The minimum atomic E-state index is -4.12. The minimum Gasteiger partial charge on any atom is -0.462 e. The molecule has 0 bridgehead atoms. The van der Waals surface area contributed by atoms with Crippen molar-refractivity contribution in [2.45, 2.75) is 45.6 Å². The molecule has 2 aromatic heterocycles. The number of aryl methyl sites for hydroxylation is 1. The van der Waals surface area contributed by atoms with Crippen molar-refractivity contribution in [3.05, 3.63) is 57.7 Å². The molecule has 0 unspecified atom stereocenters. The van der Waals surface area contributed by atoms with E-state index in [9.17, 15) is 22.8 Å². The summed E-state index contributed by atoms with van der Waals surface area (Å²) in [6.45, 7) is 6.02. The lowest BCUT2D eigenvalue weighted by Crippen LogP contribution is -2.28. The maximum atomic E-state index is 12.7. The fraction of sp³-hybridized carbons (Fsp3) is 0.385. The molecule has 4 rings (SSSR count). The predicted molar refractivity (Wildman–Crippen MR) is 149 cm³/mol. The molecular weight excluding hydrogens is 547 g/mol. The van der Waals surface area contributed by atoms with Crippen LogP contribution in [0.25, 0.3) is 10.2 Å². The van der Waals surface area contributed by atoms with Crippen LogP contribution in [0.3, 0.4) is 0 Å².